The summed E-state index contributed by atoms with van der Waals surface area (Å²) in [7, 11) is 0. The average Bonchev–Trinajstić information content (AvgIpc) is 3.80. The minimum absolute atomic E-state index is 0.0352. The van der Waals surface area contributed by atoms with E-state index in [4.69, 9.17) is 9.90 Å². The minimum atomic E-state index is -0.542. The van der Waals surface area contributed by atoms with Gasteiger partial charge in [-0.25, -0.2) is 0 Å². The fraction of sp³-hybridized carbons (Fsp3) is 0. The molecule has 1 aromatic heterocycles. The Morgan fingerprint density at radius 1 is 0.295 bits per heavy atom. The standard InChI is InChI=1S/C60H34O/c1-2-9-35(10-3-1)49-33-52(46-17-8-18-54-60(46)53-31-42-11-4-5-12-43(42)32-55(53)61-54)51(45-28-24-41-22-20-37-14-7-16-39-26-30-48(45)59(41)57(37)39)34-50(49)44-27-23-40-21-19-36-13-6-15-38-25-29-47(44)58(40)56(36)38/h1-34H/i4D,5D,8D,11D,12D,17D,18D,31D,32D. The van der Waals surface area contributed by atoms with Crippen molar-refractivity contribution in [3.8, 4) is 44.5 Å². The van der Waals surface area contributed by atoms with E-state index in [1.165, 1.54) is 5.39 Å². The van der Waals surface area contributed by atoms with Crippen molar-refractivity contribution >= 4 is 97.3 Å². The van der Waals surface area contributed by atoms with E-state index in [2.05, 4.69) is 133 Å². The number of benzene rings is 13. The first kappa shape index (κ1) is 25.5. The Morgan fingerprint density at radius 3 is 1.43 bits per heavy atom. The maximum Gasteiger partial charge on any atom is 0.136 e. The molecular weight excluding hydrogens is 737 g/mol. The maximum atomic E-state index is 9.93. The zero-order valence-corrected chi connectivity index (χ0v) is 32.3. The summed E-state index contributed by atoms with van der Waals surface area (Å²) >= 11 is 0. The lowest BCUT2D eigenvalue weighted by atomic mass is 9.81. The maximum absolute atomic E-state index is 9.93. The van der Waals surface area contributed by atoms with Gasteiger partial charge in [-0.15, -0.1) is 0 Å². The van der Waals surface area contributed by atoms with E-state index in [1.807, 2.05) is 18.2 Å². The van der Waals surface area contributed by atoms with Gasteiger partial charge in [0, 0.05) is 10.8 Å². The Morgan fingerprint density at radius 2 is 0.803 bits per heavy atom. The summed E-state index contributed by atoms with van der Waals surface area (Å²) in [6.07, 6.45) is 0. The first-order chi connectivity index (χ1) is 34.0. The lowest BCUT2D eigenvalue weighted by molar-refractivity contribution is 0.669. The van der Waals surface area contributed by atoms with Crippen LogP contribution in [0.25, 0.3) is 142 Å². The van der Waals surface area contributed by atoms with Crippen LogP contribution in [0.2, 0.25) is 0 Å². The SMILES string of the molecule is [2H]c1c([2H])c(-c2cc(-c3ccccc3)c(-c3ccc4ccc5cccc6ccc3c4c56)cc2-c2ccc3ccc4cccc5ccc2c3c45)c2c(oc3c([2H])c4c([2H])c([2H])c([2H])c([2H])c4c([2H])c32)c1[2H]. The normalized spacial score (nSPS) is 14.3. The van der Waals surface area contributed by atoms with Crippen LogP contribution in [0.5, 0.6) is 0 Å². The van der Waals surface area contributed by atoms with Crippen molar-refractivity contribution in [3.05, 3.63) is 206 Å². The quantitative estimate of drug-likeness (QED) is 0.162. The second-order valence-electron chi connectivity index (χ2n) is 16.0. The van der Waals surface area contributed by atoms with E-state index < -0.39 is 36.3 Å². The molecule has 1 heterocycles. The Bertz CT molecular complexity index is 4600. The predicted octanol–water partition coefficient (Wildman–Crippen LogP) is 17.2. The van der Waals surface area contributed by atoms with E-state index in [0.717, 1.165) is 92.6 Å². The molecule has 0 unspecified atom stereocenters. The molecule has 61 heavy (non-hydrogen) atoms. The van der Waals surface area contributed by atoms with Crippen LogP contribution in [0.1, 0.15) is 12.3 Å². The van der Waals surface area contributed by atoms with E-state index >= 15 is 0 Å². The Balaban J connectivity index is 1.20. The summed E-state index contributed by atoms with van der Waals surface area (Å²) in [5.41, 5.74) is 5.70. The molecular formula is C60H34O. The molecule has 14 aromatic rings. The number of fused-ring (bicyclic) bond motifs is 4. The zero-order valence-electron chi connectivity index (χ0n) is 41.3. The highest BCUT2D eigenvalue weighted by molar-refractivity contribution is 6.28. The fourth-order valence-electron chi connectivity index (χ4n) is 10.2. The molecule has 0 aliphatic rings. The monoisotopic (exact) mass is 779 g/mol. The third-order valence-corrected chi connectivity index (χ3v) is 12.8. The van der Waals surface area contributed by atoms with Crippen LogP contribution in [-0.2, 0) is 0 Å². The molecule has 0 fully saturated rings. The molecule has 0 saturated heterocycles. The summed E-state index contributed by atoms with van der Waals surface area (Å²) in [4.78, 5) is 0. The van der Waals surface area contributed by atoms with Gasteiger partial charge in [-0.2, -0.15) is 0 Å². The molecule has 0 saturated carbocycles. The van der Waals surface area contributed by atoms with Crippen LogP contribution in [0.15, 0.2) is 210 Å². The van der Waals surface area contributed by atoms with Crippen LogP contribution in [0.4, 0.5) is 0 Å². The molecule has 0 atom stereocenters. The molecule has 1 nitrogen and oxygen atoms in total. The number of rotatable bonds is 4. The number of hydrogen-bond donors (Lipinski definition) is 0. The molecule has 1 heteroatoms. The van der Waals surface area contributed by atoms with Gasteiger partial charge < -0.3 is 4.42 Å². The molecule has 0 amide bonds. The van der Waals surface area contributed by atoms with E-state index in [1.54, 1.807) is 0 Å². The number of hydrogen-bond acceptors (Lipinski definition) is 1. The van der Waals surface area contributed by atoms with Gasteiger partial charge in [-0.3, -0.25) is 0 Å². The van der Waals surface area contributed by atoms with E-state index in [0.29, 0.717) is 5.56 Å². The summed E-state index contributed by atoms with van der Waals surface area (Å²) in [5, 5.41) is 13.1. The molecule has 0 spiro atoms. The third-order valence-electron chi connectivity index (χ3n) is 12.8. The lowest BCUT2D eigenvalue weighted by Gasteiger charge is -2.22. The third kappa shape index (κ3) is 4.66. The van der Waals surface area contributed by atoms with Crippen molar-refractivity contribution in [1.82, 2.24) is 0 Å². The van der Waals surface area contributed by atoms with Gasteiger partial charge in [0.05, 0.1) is 12.3 Å². The smallest absolute Gasteiger partial charge is 0.136 e. The van der Waals surface area contributed by atoms with Crippen molar-refractivity contribution in [2.24, 2.45) is 0 Å². The highest BCUT2D eigenvalue weighted by atomic mass is 16.3. The van der Waals surface area contributed by atoms with Crippen molar-refractivity contribution in [2.45, 2.75) is 0 Å². The average molecular weight is 780 g/mol. The van der Waals surface area contributed by atoms with E-state index in [9.17, 15) is 6.85 Å². The van der Waals surface area contributed by atoms with Gasteiger partial charge in [-0.05, 0) is 150 Å². The minimum Gasteiger partial charge on any atom is -0.456 e. The van der Waals surface area contributed by atoms with Crippen LogP contribution in [0.3, 0.4) is 0 Å². The van der Waals surface area contributed by atoms with Crippen molar-refractivity contribution in [1.29, 1.82) is 0 Å². The molecule has 0 N–H and O–H groups in total. The Labute approximate surface area is 363 Å². The number of furan rings is 1. The second-order valence-corrected chi connectivity index (χ2v) is 16.0. The summed E-state index contributed by atoms with van der Waals surface area (Å²) < 4.78 is 89.0. The molecule has 13 aromatic carbocycles. The first-order valence-electron chi connectivity index (χ1n) is 24.9. The molecule has 14 rings (SSSR count). The summed E-state index contributed by atoms with van der Waals surface area (Å²) in [6, 6.07) is 49.0. The Kier molecular flexibility index (Phi) is 5.12. The largest absolute Gasteiger partial charge is 0.456 e. The highest BCUT2D eigenvalue weighted by Gasteiger charge is 2.23. The zero-order chi connectivity index (χ0) is 47.6. The van der Waals surface area contributed by atoms with Crippen LogP contribution < -0.4 is 0 Å². The van der Waals surface area contributed by atoms with Gasteiger partial charge in [0.25, 0.3) is 0 Å². The molecule has 280 valence electrons. The molecule has 0 aliphatic carbocycles. The van der Waals surface area contributed by atoms with Gasteiger partial charge in [0.15, 0.2) is 0 Å². The van der Waals surface area contributed by atoms with Crippen LogP contribution in [0, 0.1) is 0 Å². The molecule has 0 aliphatic heterocycles. The predicted molar refractivity (Wildman–Crippen MR) is 260 cm³/mol. The van der Waals surface area contributed by atoms with Gasteiger partial charge in [0.2, 0.25) is 0 Å². The molecule has 0 bridgehead atoms. The highest BCUT2D eigenvalue weighted by Crippen LogP contribution is 2.50. The van der Waals surface area contributed by atoms with Crippen LogP contribution in [-0.4, -0.2) is 0 Å². The van der Waals surface area contributed by atoms with Crippen molar-refractivity contribution < 1.29 is 16.8 Å². The summed E-state index contributed by atoms with van der Waals surface area (Å²) in [5.74, 6) is 0. The lowest BCUT2D eigenvalue weighted by Crippen LogP contribution is -1.95. The first-order valence-corrected chi connectivity index (χ1v) is 20.4. The van der Waals surface area contributed by atoms with Gasteiger partial charge in [0.1, 0.15) is 11.2 Å². The van der Waals surface area contributed by atoms with Crippen molar-refractivity contribution in [2.75, 3.05) is 0 Å². The fourth-order valence-corrected chi connectivity index (χ4v) is 10.2. The van der Waals surface area contributed by atoms with Gasteiger partial charge >= 0.3 is 0 Å². The second kappa shape index (κ2) is 12.3. The Hall–Kier alpha value is -8.00. The van der Waals surface area contributed by atoms with Crippen LogP contribution >= 0.6 is 0 Å². The van der Waals surface area contributed by atoms with E-state index in [-0.39, 0.29) is 56.4 Å². The topological polar surface area (TPSA) is 13.1 Å². The van der Waals surface area contributed by atoms with Gasteiger partial charge in [-0.1, -0.05) is 176 Å². The molecule has 0 radical (unpaired) electrons. The van der Waals surface area contributed by atoms with Crippen molar-refractivity contribution in [3.63, 3.8) is 0 Å². The summed E-state index contributed by atoms with van der Waals surface area (Å²) in [6.45, 7) is 0.